The summed E-state index contributed by atoms with van der Waals surface area (Å²) >= 11 is 1.88. The van der Waals surface area contributed by atoms with Crippen molar-refractivity contribution in [3.8, 4) is 0 Å². The van der Waals surface area contributed by atoms with Crippen LogP contribution in [0.3, 0.4) is 0 Å². The zero-order valence-electron chi connectivity index (χ0n) is 14.6. The van der Waals surface area contributed by atoms with Gasteiger partial charge in [0.15, 0.2) is 6.29 Å². The van der Waals surface area contributed by atoms with Crippen LogP contribution >= 0.6 is 11.8 Å². The van der Waals surface area contributed by atoms with Crippen LogP contribution < -0.4 is 0 Å². The summed E-state index contributed by atoms with van der Waals surface area (Å²) < 4.78 is 2.02. The molecule has 0 bridgehead atoms. The van der Waals surface area contributed by atoms with E-state index in [1.165, 1.54) is 32.1 Å². The molecule has 4 rings (SSSR count). The molecule has 0 spiro atoms. The Bertz CT molecular complexity index is 794. The van der Waals surface area contributed by atoms with E-state index in [0.717, 1.165) is 22.4 Å². The van der Waals surface area contributed by atoms with Gasteiger partial charge < -0.3 is 4.57 Å². The molecule has 0 radical (unpaired) electrons. The molecule has 25 heavy (non-hydrogen) atoms. The maximum Gasteiger partial charge on any atom is 0.242 e. The monoisotopic (exact) mass is 356 g/mol. The topological polar surface area (TPSA) is 42.3 Å². The predicted octanol–water partition coefficient (Wildman–Crippen LogP) is 4.11. The van der Waals surface area contributed by atoms with Gasteiger partial charge in [0.1, 0.15) is 11.2 Å². The lowest BCUT2D eigenvalue weighted by Crippen LogP contribution is -2.38. The van der Waals surface area contributed by atoms with Gasteiger partial charge in [0.05, 0.1) is 0 Å². The van der Waals surface area contributed by atoms with Crippen molar-refractivity contribution in [3.05, 3.63) is 36.2 Å². The molecular weight excluding hydrogens is 332 g/mol. The normalized spacial score (nSPS) is 25.5. The molecule has 1 aliphatic heterocycles. The molecule has 1 aromatic carbocycles. The second-order valence-corrected chi connectivity index (χ2v) is 8.33. The number of fused-ring (bicyclic) bond motifs is 1. The minimum absolute atomic E-state index is 0.0817. The number of carbonyl (C=O) groups is 2. The molecule has 2 aromatic rings. The molecule has 5 heteroatoms. The van der Waals surface area contributed by atoms with E-state index in [0.29, 0.717) is 18.0 Å². The van der Waals surface area contributed by atoms with Gasteiger partial charge in [-0.2, -0.15) is 0 Å². The first-order valence-electron chi connectivity index (χ1n) is 9.13. The highest BCUT2D eigenvalue weighted by molar-refractivity contribution is 7.99. The summed E-state index contributed by atoms with van der Waals surface area (Å²) in [7, 11) is 2.17. The SMILES string of the molecule is CN1C(C2CCCCC2)CSC1n1cc2ccccc2c1C(=O)C=O. The van der Waals surface area contributed by atoms with E-state index in [1.807, 2.05) is 46.8 Å². The molecule has 2 atom stereocenters. The summed E-state index contributed by atoms with van der Waals surface area (Å²) in [5.74, 6) is 1.41. The first-order chi connectivity index (χ1) is 12.2. The van der Waals surface area contributed by atoms with E-state index >= 15 is 0 Å². The fraction of sp³-hybridized carbons (Fsp3) is 0.500. The summed E-state index contributed by atoms with van der Waals surface area (Å²) in [6.45, 7) is 0. The van der Waals surface area contributed by atoms with Crippen LogP contribution in [0, 0.1) is 5.92 Å². The maximum absolute atomic E-state index is 12.3. The largest absolute Gasteiger partial charge is 0.318 e. The van der Waals surface area contributed by atoms with Crippen LogP contribution in [0.2, 0.25) is 0 Å². The minimum Gasteiger partial charge on any atom is -0.318 e. The van der Waals surface area contributed by atoms with Crippen molar-refractivity contribution in [3.63, 3.8) is 0 Å². The molecular formula is C20H24N2O2S. The van der Waals surface area contributed by atoms with Crippen LogP contribution in [-0.2, 0) is 4.79 Å². The Morgan fingerprint density at radius 1 is 1.20 bits per heavy atom. The number of hydrogen-bond acceptors (Lipinski definition) is 4. The van der Waals surface area contributed by atoms with Gasteiger partial charge in [-0.1, -0.05) is 43.5 Å². The Hall–Kier alpha value is -1.59. The molecule has 1 aromatic heterocycles. The third kappa shape index (κ3) is 2.93. The number of nitrogens with zero attached hydrogens (tertiary/aromatic N) is 2. The van der Waals surface area contributed by atoms with Gasteiger partial charge in [0.2, 0.25) is 5.78 Å². The van der Waals surface area contributed by atoms with Gasteiger partial charge in [-0.3, -0.25) is 14.5 Å². The number of aldehydes is 1. The van der Waals surface area contributed by atoms with E-state index in [1.54, 1.807) is 0 Å². The Morgan fingerprint density at radius 3 is 2.72 bits per heavy atom. The first kappa shape index (κ1) is 16.9. The van der Waals surface area contributed by atoms with Crippen molar-refractivity contribution in [2.45, 2.75) is 43.6 Å². The summed E-state index contributed by atoms with van der Waals surface area (Å²) in [6, 6.07) is 8.38. The lowest BCUT2D eigenvalue weighted by molar-refractivity contribution is -0.104. The van der Waals surface area contributed by atoms with Crippen molar-refractivity contribution < 1.29 is 9.59 Å². The molecule has 1 saturated carbocycles. The molecule has 0 N–H and O–H groups in total. The van der Waals surface area contributed by atoms with Crippen LogP contribution in [0.4, 0.5) is 0 Å². The molecule has 2 heterocycles. The number of thioether (sulfide) groups is 1. The van der Waals surface area contributed by atoms with Crippen LogP contribution in [0.5, 0.6) is 0 Å². The fourth-order valence-electron chi connectivity index (χ4n) is 4.52. The molecule has 0 amide bonds. The van der Waals surface area contributed by atoms with E-state index in [9.17, 15) is 9.59 Å². The van der Waals surface area contributed by atoms with Crippen LogP contribution in [0.25, 0.3) is 10.8 Å². The van der Waals surface area contributed by atoms with Gasteiger partial charge in [0, 0.05) is 28.8 Å². The quantitative estimate of drug-likeness (QED) is 0.470. The van der Waals surface area contributed by atoms with Crippen molar-refractivity contribution in [2.24, 2.45) is 5.92 Å². The third-order valence-electron chi connectivity index (χ3n) is 5.81. The Labute approximate surface area is 152 Å². The van der Waals surface area contributed by atoms with Crippen molar-refractivity contribution >= 4 is 34.6 Å². The predicted molar refractivity (Wildman–Crippen MR) is 102 cm³/mol. The molecule has 1 saturated heterocycles. The lowest BCUT2D eigenvalue weighted by atomic mass is 9.84. The maximum atomic E-state index is 12.3. The van der Waals surface area contributed by atoms with Gasteiger partial charge in [-0.15, -0.1) is 11.8 Å². The fourth-order valence-corrected chi connectivity index (χ4v) is 6.11. The molecule has 2 unspecified atom stereocenters. The Balaban J connectivity index is 1.69. The number of ketones is 1. The van der Waals surface area contributed by atoms with Crippen molar-refractivity contribution in [1.82, 2.24) is 9.47 Å². The summed E-state index contributed by atoms with van der Waals surface area (Å²) in [5, 5.41) is 1.89. The smallest absolute Gasteiger partial charge is 0.242 e. The third-order valence-corrected chi connectivity index (χ3v) is 7.20. The molecule has 2 fully saturated rings. The van der Waals surface area contributed by atoms with Crippen LogP contribution in [0.15, 0.2) is 30.5 Å². The Morgan fingerprint density at radius 2 is 1.96 bits per heavy atom. The van der Waals surface area contributed by atoms with Crippen LogP contribution in [-0.4, -0.2) is 40.4 Å². The van der Waals surface area contributed by atoms with Crippen molar-refractivity contribution in [1.29, 1.82) is 0 Å². The zero-order valence-corrected chi connectivity index (χ0v) is 15.4. The number of benzene rings is 1. The van der Waals surface area contributed by atoms with E-state index in [-0.39, 0.29) is 5.50 Å². The molecule has 2 aliphatic rings. The summed E-state index contributed by atoms with van der Waals surface area (Å²) in [5.41, 5.74) is 0.609. The highest BCUT2D eigenvalue weighted by Crippen LogP contribution is 2.43. The number of Topliss-reactive ketones (excluding diaryl/α,β-unsaturated/α-hetero) is 1. The summed E-state index contributed by atoms with van der Waals surface area (Å²) in [4.78, 5) is 26.0. The van der Waals surface area contributed by atoms with Gasteiger partial charge in [-0.05, 0) is 25.8 Å². The average Bonchev–Trinajstić information content (AvgIpc) is 3.22. The number of rotatable bonds is 4. The molecule has 1 aliphatic carbocycles. The van der Waals surface area contributed by atoms with E-state index < -0.39 is 5.78 Å². The second-order valence-electron chi connectivity index (χ2n) is 7.24. The second kappa shape index (κ2) is 6.96. The number of aromatic nitrogens is 1. The first-order valence-corrected chi connectivity index (χ1v) is 10.2. The molecule has 4 nitrogen and oxygen atoms in total. The highest BCUT2D eigenvalue weighted by Gasteiger charge is 2.38. The zero-order chi connectivity index (χ0) is 17.4. The number of carbonyl (C=O) groups excluding carboxylic acids is 2. The summed E-state index contributed by atoms with van der Waals surface area (Å²) in [6.07, 6.45) is 9.15. The minimum atomic E-state index is -0.434. The van der Waals surface area contributed by atoms with E-state index in [4.69, 9.17) is 0 Å². The van der Waals surface area contributed by atoms with Gasteiger partial charge >= 0.3 is 0 Å². The van der Waals surface area contributed by atoms with E-state index in [2.05, 4.69) is 11.9 Å². The molecule has 132 valence electrons. The highest BCUT2D eigenvalue weighted by atomic mass is 32.2. The van der Waals surface area contributed by atoms with Crippen LogP contribution in [0.1, 0.15) is 48.1 Å². The Kier molecular flexibility index (Phi) is 4.69. The lowest BCUT2D eigenvalue weighted by Gasteiger charge is -2.34. The standard InChI is InChI=1S/C20H24N2O2S/c1-21-17(14-7-3-2-4-8-14)13-25-20(21)22-11-15-9-5-6-10-16(15)19(22)18(24)12-23/h5-6,9-12,14,17,20H,2-4,7-8,13H2,1H3. The average molecular weight is 356 g/mol. The van der Waals surface area contributed by atoms with Gasteiger partial charge in [0.25, 0.3) is 0 Å². The van der Waals surface area contributed by atoms with Crippen molar-refractivity contribution in [2.75, 3.05) is 12.8 Å². The van der Waals surface area contributed by atoms with Gasteiger partial charge in [-0.25, -0.2) is 0 Å². The number of hydrogen-bond donors (Lipinski definition) is 0.